The van der Waals surface area contributed by atoms with Gasteiger partial charge in [0.1, 0.15) is 0 Å². The molecule has 2 aromatic carbocycles. The number of imide groups is 2. The first kappa shape index (κ1) is 19.9. The molecule has 0 unspecified atom stereocenters. The number of nitrogens with one attached hydrogen (secondary N) is 2. The SMILES string of the molecule is O=C(NCNC(=O)c1ccc2c(c1)C(=O)N(O)C2=O)c1ccc2c(c1)C(=O)N(O)C2=O. The molecule has 2 aliphatic heterocycles. The van der Waals surface area contributed by atoms with Crippen molar-refractivity contribution in [1.29, 1.82) is 0 Å². The van der Waals surface area contributed by atoms with Gasteiger partial charge in [-0.15, -0.1) is 10.1 Å². The van der Waals surface area contributed by atoms with E-state index in [1.807, 2.05) is 0 Å². The van der Waals surface area contributed by atoms with Crippen molar-refractivity contribution in [1.82, 2.24) is 20.8 Å². The predicted octanol–water partition coefficient (Wildman–Crippen LogP) is -0.226. The lowest BCUT2D eigenvalue weighted by Gasteiger charge is -2.08. The molecule has 0 aliphatic carbocycles. The Morgan fingerprint density at radius 3 is 1.39 bits per heavy atom. The molecule has 6 amide bonds. The van der Waals surface area contributed by atoms with Crippen molar-refractivity contribution in [2.24, 2.45) is 0 Å². The monoisotopic (exact) mass is 424 g/mol. The number of fused-ring (bicyclic) bond motifs is 2. The second kappa shape index (κ2) is 7.12. The molecule has 0 saturated carbocycles. The van der Waals surface area contributed by atoms with Crippen molar-refractivity contribution in [2.45, 2.75) is 0 Å². The highest BCUT2D eigenvalue weighted by Gasteiger charge is 2.36. The molecule has 4 rings (SSSR count). The Morgan fingerprint density at radius 1 is 0.645 bits per heavy atom. The van der Waals surface area contributed by atoms with Gasteiger partial charge in [-0.1, -0.05) is 0 Å². The second-order valence-electron chi connectivity index (χ2n) is 6.55. The molecule has 2 aromatic rings. The molecule has 0 bridgehead atoms. The van der Waals surface area contributed by atoms with E-state index in [0.717, 1.165) is 12.1 Å². The van der Waals surface area contributed by atoms with Crippen LogP contribution in [0.3, 0.4) is 0 Å². The molecule has 0 spiro atoms. The van der Waals surface area contributed by atoms with E-state index in [0.29, 0.717) is 0 Å². The van der Waals surface area contributed by atoms with Gasteiger partial charge in [0.25, 0.3) is 35.4 Å². The molecular weight excluding hydrogens is 412 g/mol. The average molecular weight is 424 g/mol. The molecule has 2 heterocycles. The fourth-order valence-corrected chi connectivity index (χ4v) is 3.15. The third-order valence-corrected chi connectivity index (χ3v) is 4.75. The quantitative estimate of drug-likeness (QED) is 0.296. The van der Waals surface area contributed by atoms with Crippen LogP contribution in [-0.4, -0.2) is 62.7 Å². The topological polar surface area (TPSA) is 173 Å². The van der Waals surface area contributed by atoms with Gasteiger partial charge in [-0.25, -0.2) is 0 Å². The summed E-state index contributed by atoms with van der Waals surface area (Å²) in [6.07, 6.45) is 0. The molecule has 0 atom stereocenters. The number of carbonyl (C=O) groups is 6. The van der Waals surface area contributed by atoms with E-state index in [-0.39, 0.29) is 50.2 Å². The smallest absolute Gasteiger partial charge is 0.285 e. The van der Waals surface area contributed by atoms with Gasteiger partial charge in [-0.2, -0.15) is 0 Å². The zero-order chi connectivity index (χ0) is 22.4. The number of amides is 6. The Morgan fingerprint density at radius 2 is 1.00 bits per heavy atom. The molecule has 0 aromatic heterocycles. The van der Waals surface area contributed by atoms with Crippen LogP contribution in [0.25, 0.3) is 0 Å². The summed E-state index contributed by atoms with van der Waals surface area (Å²) in [6.45, 7) is -0.316. The van der Waals surface area contributed by atoms with Crippen LogP contribution in [0.1, 0.15) is 62.1 Å². The lowest BCUT2D eigenvalue weighted by atomic mass is 10.1. The zero-order valence-corrected chi connectivity index (χ0v) is 15.4. The van der Waals surface area contributed by atoms with E-state index < -0.39 is 35.4 Å². The number of rotatable bonds is 4. The Balaban J connectivity index is 1.39. The van der Waals surface area contributed by atoms with E-state index in [4.69, 9.17) is 0 Å². The number of carbonyl (C=O) groups excluding carboxylic acids is 6. The third kappa shape index (κ3) is 3.11. The maximum absolute atomic E-state index is 12.3. The molecule has 12 heteroatoms. The minimum Gasteiger partial charge on any atom is -0.335 e. The summed E-state index contributed by atoms with van der Waals surface area (Å²) in [5.41, 5.74) is -0.283. The highest BCUT2D eigenvalue weighted by atomic mass is 16.5. The van der Waals surface area contributed by atoms with Gasteiger partial charge in [0.15, 0.2) is 0 Å². The molecule has 4 N–H and O–H groups in total. The van der Waals surface area contributed by atoms with Gasteiger partial charge in [0.05, 0.1) is 28.9 Å². The van der Waals surface area contributed by atoms with Crippen molar-refractivity contribution < 1.29 is 39.2 Å². The average Bonchev–Trinajstić information content (AvgIpc) is 3.13. The van der Waals surface area contributed by atoms with Crippen molar-refractivity contribution in [2.75, 3.05) is 6.67 Å². The van der Waals surface area contributed by atoms with Crippen LogP contribution in [0, 0.1) is 0 Å². The maximum atomic E-state index is 12.3. The first-order valence-electron chi connectivity index (χ1n) is 8.70. The second-order valence-corrected chi connectivity index (χ2v) is 6.55. The van der Waals surface area contributed by atoms with E-state index in [9.17, 15) is 39.2 Å². The number of benzene rings is 2. The molecule has 12 nitrogen and oxygen atoms in total. The standard InChI is InChI=1S/C19H12N4O8/c24-14(8-1-3-10-12(5-8)18(28)22(30)16(10)26)20-7-21-15(25)9-2-4-11-13(6-9)19(29)23(31)17(11)27/h1-6,30-31H,7H2,(H,20,24)(H,21,25). The summed E-state index contributed by atoms with van der Waals surface area (Å²) < 4.78 is 0. The number of hydrogen-bond donors (Lipinski definition) is 4. The van der Waals surface area contributed by atoms with Gasteiger partial charge in [0.2, 0.25) is 0 Å². The zero-order valence-electron chi connectivity index (χ0n) is 15.4. The Kier molecular flexibility index (Phi) is 4.57. The van der Waals surface area contributed by atoms with Gasteiger partial charge in [-0.3, -0.25) is 39.2 Å². The highest BCUT2D eigenvalue weighted by molar-refractivity contribution is 6.21. The Bertz CT molecular complexity index is 1130. The number of hydroxylamine groups is 4. The summed E-state index contributed by atoms with van der Waals surface area (Å²) in [5, 5.41) is 23.4. The largest absolute Gasteiger partial charge is 0.335 e. The summed E-state index contributed by atoms with van der Waals surface area (Å²) in [5.74, 6) is -5.00. The highest BCUT2D eigenvalue weighted by Crippen LogP contribution is 2.23. The van der Waals surface area contributed by atoms with Crippen molar-refractivity contribution in [3.8, 4) is 0 Å². The lowest BCUT2D eigenvalue weighted by Crippen LogP contribution is -2.37. The Labute approximate surface area is 172 Å². The van der Waals surface area contributed by atoms with Crippen LogP contribution < -0.4 is 10.6 Å². The van der Waals surface area contributed by atoms with Gasteiger partial charge >= 0.3 is 0 Å². The van der Waals surface area contributed by atoms with Crippen LogP contribution in [0.15, 0.2) is 36.4 Å². The molecule has 31 heavy (non-hydrogen) atoms. The molecule has 156 valence electrons. The van der Waals surface area contributed by atoms with E-state index in [1.54, 1.807) is 0 Å². The maximum Gasteiger partial charge on any atom is 0.285 e. The number of nitrogens with zero attached hydrogens (tertiary/aromatic N) is 2. The van der Waals surface area contributed by atoms with Crippen LogP contribution in [0.5, 0.6) is 0 Å². The molecule has 0 fully saturated rings. The first-order chi connectivity index (χ1) is 14.7. The van der Waals surface area contributed by atoms with E-state index >= 15 is 0 Å². The fourth-order valence-electron chi connectivity index (χ4n) is 3.15. The van der Waals surface area contributed by atoms with Crippen LogP contribution in [0.4, 0.5) is 0 Å². The van der Waals surface area contributed by atoms with Gasteiger partial charge in [0, 0.05) is 11.1 Å². The Hall–Kier alpha value is -4.42. The van der Waals surface area contributed by atoms with E-state index in [1.165, 1.54) is 24.3 Å². The van der Waals surface area contributed by atoms with Crippen LogP contribution >= 0.6 is 0 Å². The van der Waals surface area contributed by atoms with Crippen molar-refractivity contribution in [3.05, 3.63) is 69.8 Å². The van der Waals surface area contributed by atoms with E-state index in [2.05, 4.69) is 10.6 Å². The summed E-state index contributed by atoms with van der Waals surface area (Å²) in [4.78, 5) is 71.4. The van der Waals surface area contributed by atoms with Crippen LogP contribution in [0.2, 0.25) is 0 Å². The van der Waals surface area contributed by atoms with Gasteiger partial charge < -0.3 is 10.6 Å². The minimum atomic E-state index is -0.950. The molecule has 0 radical (unpaired) electrons. The molecule has 2 aliphatic rings. The third-order valence-electron chi connectivity index (χ3n) is 4.75. The first-order valence-corrected chi connectivity index (χ1v) is 8.70. The molecule has 0 saturated heterocycles. The van der Waals surface area contributed by atoms with Crippen molar-refractivity contribution in [3.63, 3.8) is 0 Å². The fraction of sp³-hybridized carbons (Fsp3) is 0.0526. The normalized spacial score (nSPS) is 14.6. The summed E-state index contributed by atoms with van der Waals surface area (Å²) >= 11 is 0. The van der Waals surface area contributed by atoms with Gasteiger partial charge in [-0.05, 0) is 36.4 Å². The van der Waals surface area contributed by atoms with Crippen LogP contribution in [-0.2, 0) is 0 Å². The number of hydrogen-bond acceptors (Lipinski definition) is 8. The summed E-state index contributed by atoms with van der Waals surface area (Å²) in [6, 6.07) is 7.31. The summed E-state index contributed by atoms with van der Waals surface area (Å²) in [7, 11) is 0. The lowest BCUT2D eigenvalue weighted by molar-refractivity contribution is -0.0330. The minimum absolute atomic E-state index is 0.0223. The van der Waals surface area contributed by atoms with Crippen molar-refractivity contribution >= 4 is 35.4 Å². The molecular formula is C19H12N4O8. The predicted molar refractivity (Wildman–Crippen MR) is 97.3 cm³/mol.